The van der Waals surface area contributed by atoms with Crippen LogP contribution >= 0.6 is 0 Å². The molecule has 92 valence electrons. The van der Waals surface area contributed by atoms with E-state index < -0.39 is 0 Å². The van der Waals surface area contributed by atoms with E-state index in [-0.39, 0.29) is 17.5 Å². The van der Waals surface area contributed by atoms with Gasteiger partial charge in [0.05, 0.1) is 0 Å². The number of hydrogen-bond acceptors (Lipinski definition) is 2. The van der Waals surface area contributed by atoms with Crippen LogP contribution in [-0.4, -0.2) is 12.1 Å². The van der Waals surface area contributed by atoms with Gasteiger partial charge in [-0.3, -0.25) is 4.79 Å². The first kappa shape index (κ1) is 11.9. The Morgan fingerprint density at radius 3 is 2.44 bits per heavy atom. The average Bonchev–Trinajstić information content (AvgIpc) is 2.71. The molecule has 0 aromatic heterocycles. The van der Waals surface area contributed by atoms with E-state index >= 15 is 0 Å². The lowest BCUT2D eigenvalue weighted by atomic mass is 9.76. The minimum atomic E-state index is -0.0158. The Hall–Kier alpha value is -0.530. The van der Waals surface area contributed by atoms with Gasteiger partial charge in [-0.25, -0.2) is 0 Å². The van der Waals surface area contributed by atoms with E-state index in [1.165, 1.54) is 6.42 Å². The van der Waals surface area contributed by atoms with Crippen LogP contribution in [0.1, 0.15) is 53.9 Å². The molecule has 0 bridgehead atoms. The first-order valence-electron chi connectivity index (χ1n) is 6.47. The van der Waals surface area contributed by atoms with E-state index in [0.717, 1.165) is 12.3 Å². The molecular weight excluding hydrogens is 200 g/mol. The summed E-state index contributed by atoms with van der Waals surface area (Å²) in [5.74, 6) is 1.17. The fourth-order valence-electron chi connectivity index (χ4n) is 3.24. The summed E-state index contributed by atoms with van der Waals surface area (Å²) >= 11 is 0. The quantitative estimate of drug-likeness (QED) is 0.687. The van der Waals surface area contributed by atoms with Gasteiger partial charge in [-0.05, 0) is 30.1 Å². The summed E-state index contributed by atoms with van der Waals surface area (Å²) in [5.41, 5.74) is 0.583. The summed E-state index contributed by atoms with van der Waals surface area (Å²) < 4.78 is 5.66. The van der Waals surface area contributed by atoms with Crippen LogP contribution in [0.3, 0.4) is 0 Å². The smallest absolute Gasteiger partial charge is 0.306 e. The van der Waals surface area contributed by atoms with Gasteiger partial charge < -0.3 is 4.74 Å². The van der Waals surface area contributed by atoms with Crippen molar-refractivity contribution in [2.24, 2.45) is 22.7 Å². The minimum Gasteiger partial charge on any atom is -0.462 e. The van der Waals surface area contributed by atoms with Crippen molar-refractivity contribution in [3.05, 3.63) is 0 Å². The van der Waals surface area contributed by atoms with Crippen molar-refractivity contribution in [2.75, 3.05) is 0 Å². The molecule has 0 aliphatic heterocycles. The van der Waals surface area contributed by atoms with Gasteiger partial charge in [0.25, 0.3) is 0 Å². The van der Waals surface area contributed by atoms with Crippen molar-refractivity contribution in [1.29, 1.82) is 0 Å². The largest absolute Gasteiger partial charge is 0.462 e. The SMILES string of the molecule is CC(C)CC(=O)O[C@@H]1C[C@@H]2CC2(C)C1(C)C. The van der Waals surface area contributed by atoms with E-state index in [1.54, 1.807) is 0 Å². The van der Waals surface area contributed by atoms with Gasteiger partial charge in [-0.1, -0.05) is 34.6 Å². The molecule has 0 aromatic rings. The minimum absolute atomic E-state index is 0.0158. The molecule has 0 aromatic carbocycles. The van der Waals surface area contributed by atoms with E-state index in [4.69, 9.17) is 4.74 Å². The zero-order chi connectivity index (χ0) is 12.1. The molecule has 2 heteroatoms. The van der Waals surface area contributed by atoms with Crippen LogP contribution in [0.25, 0.3) is 0 Å². The van der Waals surface area contributed by atoms with Crippen molar-refractivity contribution in [1.82, 2.24) is 0 Å². The second-order valence-electron chi connectivity index (χ2n) is 6.85. The molecule has 2 saturated carbocycles. The van der Waals surface area contributed by atoms with E-state index in [2.05, 4.69) is 34.6 Å². The molecule has 2 nitrogen and oxygen atoms in total. The van der Waals surface area contributed by atoms with Crippen LogP contribution < -0.4 is 0 Å². The van der Waals surface area contributed by atoms with Gasteiger partial charge >= 0.3 is 5.97 Å². The number of carbonyl (C=O) groups is 1. The van der Waals surface area contributed by atoms with Gasteiger partial charge in [0.15, 0.2) is 0 Å². The molecule has 0 N–H and O–H groups in total. The molecule has 1 unspecified atom stereocenters. The molecule has 0 saturated heterocycles. The molecule has 0 radical (unpaired) electrons. The van der Waals surface area contributed by atoms with E-state index in [9.17, 15) is 4.79 Å². The number of ether oxygens (including phenoxy) is 1. The highest BCUT2D eigenvalue weighted by Gasteiger charge is 2.68. The molecule has 0 spiro atoms. The predicted molar refractivity (Wildman–Crippen MR) is 63.9 cm³/mol. The molecule has 2 fully saturated rings. The standard InChI is InChI=1S/C14H24O2/c1-9(2)6-12(15)16-11-7-10-8-14(10,5)13(11,3)4/h9-11H,6-8H2,1-5H3/t10-,11-,14?/m1/s1. The average molecular weight is 224 g/mol. The Balaban J connectivity index is 1.95. The summed E-state index contributed by atoms with van der Waals surface area (Å²) in [4.78, 5) is 11.7. The lowest BCUT2D eigenvalue weighted by Gasteiger charge is -2.34. The molecule has 16 heavy (non-hydrogen) atoms. The number of fused-ring (bicyclic) bond motifs is 1. The Morgan fingerprint density at radius 2 is 2.00 bits per heavy atom. The zero-order valence-electron chi connectivity index (χ0n) is 11.2. The number of esters is 1. The fourth-order valence-corrected chi connectivity index (χ4v) is 3.24. The first-order valence-corrected chi connectivity index (χ1v) is 6.47. The van der Waals surface area contributed by atoms with Gasteiger partial charge in [-0.2, -0.15) is 0 Å². The van der Waals surface area contributed by atoms with Crippen LogP contribution in [0, 0.1) is 22.7 Å². The highest BCUT2D eigenvalue weighted by molar-refractivity contribution is 5.70. The highest BCUT2D eigenvalue weighted by Crippen LogP contribution is 2.72. The third kappa shape index (κ3) is 1.66. The van der Waals surface area contributed by atoms with Gasteiger partial charge in [0.2, 0.25) is 0 Å². The summed E-state index contributed by atoms with van der Waals surface area (Å²) in [6.07, 6.45) is 3.09. The predicted octanol–water partition coefficient (Wildman–Crippen LogP) is 3.40. The zero-order valence-corrected chi connectivity index (χ0v) is 11.2. The van der Waals surface area contributed by atoms with Crippen LogP contribution in [0.2, 0.25) is 0 Å². The molecule has 2 aliphatic carbocycles. The fraction of sp³-hybridized carbons (Fsp3) is 0.929. The second kappa shape index (κ2) is 3.48. The van der Waals surface area contributed by atoms with Crippen molar-refractivity contribution in [2.45, 2.75) is 60.0 Å². The van der Waals surface area contributed by atoms with Gasteiger partial charge in [0, 0.05) is 11.8 Å². The lowest BCUT2D eigenvalue weighted by Crippen LogP contribution is -2.35. The Bertz CT molecular complexity index is 306. The lowest BCUT2D eigenvalue weighted by molar-refractivity contribution is -0.156. The monoisotopic (exact) mass is 224 g/mol. The molecule has 2 aliphatic rings. The van der Waals surface area contributed by atoms with E-state index in [1.807, 2.05) is 0 Å². The molecule has 3 atom stereocenters. The first-order chi connectivity index (χ1) is 7.27. The van der Waals surface area contributed by atoms with Crippen LogP contribution in [0.4, 0.5) is 0 Å². The van der Waals surface area contributed by atoms with Crippen molar-refractivity contribution in [3.8, 4) is 0 Å². The maximum absolute atomic E-state index is 11.7. The van der Waals surface area contributed by atoms with Crippen molar-refractivity contribution >= 4 is 5.97 Å². The van der Waals surface area contributed by atoms with Crippen LogP contribution in [-0.2, 0) is 9.53 Å². The van der Waals surface area contributed by atoms with Crippen molar-refractivity contribution < 1.29 is 9.53 Å². The second-order valence-corrected chi connectivity index (χ2v) is 6.85. The molecule has 0 amide bonds. The maximum atomic E-state index is 11.7. The Kier molecular flexibility index (Phi) is 2.60. The highest BCUT2D eigenvalue weighted by atomic mass is 16.5. The molecule has 2 rings (SSSR count). The third-order valence-electron chi connectivity index (χ3n) is 5.04. The summed E-state index contributed by atoms with van der Waals surface area (Å²) in [5, 5.41) is 0. The summed E-state index contributed by atoms with van der Waals surface area (Å²) in [7, 11) is 0. The normalized spacial score (nSPS) is 39.6. The van der Waals surface area contributed by atoms with Gasteiger partial charge in [-0.15, -0.1) is 0 Å². The number of carbonyl (C=O) groups excluding carboxylic acids is 1. The Morgan fingerprint density at radius 1 is 1.38 bits per heavy atom. The number of rotatable bonds is 3. The molecule has 0 heterocycles. The summed E-state index contributed by atoms with van der Waals surface area (Å²) in [6, 6.07) is 0. The topological polar surface area (TPSA) is 26.3 Å². The van der Waals surface area contributed by atoms with Gasteiger partial charge in [0.1, 0.15) is 6.10 Å². The Labute approximate surface area is 98.7 Å². The van der Waals surface area contributed by atoms with Crippen LogP contribution in [0.5, 0.6) is 0 Å². The number of hydrogen-bond donors (Lipinski definition) is 0. The third-order valence-corrected chi connectivity index (χ3v) is 5.04. The molecular formula is C14H24O2. The maximum Gasteiger partial charge on any atom is 0.306 e. The summed E-state index contributed by atoms with van der Waals surface area (Å²) in [6.45, 7) is 11.0. The van der Waals surface area contributed by atoms with Crippen LogP contribution in [0.15, 0.2) is 0 Å². The van der Waals surface area contributed by atoms with E-state index in [0.29, 0.717) is 17.8 Å². The van der Waals surface area contributed by atoms with Crippen molar-refractivity contribution in [3.63, 3.8) is 0 Å².